The summed E-state index contributed by atoms with van der Waals surface area (Å²) in [5, 5.41) is 0. The highest BCUT2D eigenvalue weighted by Crippen LogP contribution is 2.29. The van der Waals surface area contributed by atoms with Gasteiger partial charge >= 0.3 is 6.18 Å². The monoisotopic (exact) mass is 177 g/mol. The molecule has 11 heavy (non-hydrogen) atoms. The number of alkyl halides is 3. The summed E-state index contributed by atoms with van der Waals surface area (Å²) in [7, 11) is 0. The molecular weight excluding hydrogens is 173 g/mol. The van der Waals surface area contributed by atoms with Gasteiger partial charge in [-0.25, -0.2) is 0 Å². The minimum atomic E-state index is -4.35. The van der Waals surface area contributed by atoms with E-state index in [1.807, 2.05) is 0 Å². The fourth-order valence-corrected chi connectivity index (χ4v) is 1.00. The van der Waals surface area contributed by atoms with Crippen LogP contribution >= 0.6 is 12.2 Å². The summed E-state index contributed by atoms with van der Waals surface area (Å²) in [5.41, 5.74) is -0.810. The molecule has 0 saturated carbocycles. The molecule has 59 valence electrons. The van der Waals surface area contributed by atoms with E-state index < -0.39 is 11.7 Å². The molecule has 0 aromatic carbocycles. The summed E-state index contributed by atoms with van der Waals surface area (Å²) in [6, 6.07) is 0. The Morgan fingerprint density at radius 2 is 2.09 bits per heavy atom. The van der Waals surface area contributed by atoms with Crippen molar-refractivity contribution in [3.63, 3.8) is 0 Å². The first kappa shape index (κ1) is 8.46. The number of thiocarbonyl (C=S) groups is 1. The van der Waals surface area contributed by atoms with Crippen LogP contribution in [0.15, 0.2) is 17.7 Å². The Balaban J connectivity index is 2.93. The van der Waals surface area contributed by atoms with Crippen molar-refractivity contribution in [2.45, 2.75) is 12.6 Å². The lowest BCUT2D eigenvalue weighted by Gasteiger charge is -2.12. The van der Waals surface area contributed by atoms with Crippen molar-refractivity contribution in [2.75, 3.05) is 0 Å². The van der Waals surface area contributed by atoms with Crippen molar-refractivity contribution in [2.24, 2.45) is 0 Å². The summed E-state index contributed by atoms with van der Waals surface area (Å²) >= 11 is 4.50. The molecule has 0 aromatic rings. The molecule has 0 amide bonds. The van der Waals surface area contributed by atoms with E-state index in [9.17, 15) is 13.2 Å². The lowest BCUT2D eigenvalue weighted by atomic mass is 10.0. The summed E-state index contributed by atoms with van der Waals surface area (Å²) in [4.78, 5) is -0.0833. The van der Waals surface area contributed by atoms with Crippen LogP contribution in [0.25, 0.3) is 0 Å². The Morgan fingerprint density at radius 3 is 2.45 bits per heavy atom. The van der Waals surface area contributed by atoms with Gasteiger partial charge in [-0.1, -0.05) is 24.4 Å². The predicted molar refractivity (Wildman–Crippen MR) is 39.2 cm³/mol. The molecule has 1 aliphatic carbocycles. The first-order chi connectivity index (χ1) is 5.02. The average Bonchev–Trinajstić information content (AvgIpc) is 1.86. The van der Waals surface area contributed by atoms with Gasteiger partial charge in [0.15, 0.2) is 0 Å². The van der Waals surface area contributed by atoms with E-state index in [2.05, 4.69) is 18.3 Å². The van der Waals surface area contributed by atoms with Gasteiger partial charge in [0, 0.05) is 11.3 Å². The minimum absolute atomic E-state index is 0.0833. The zero-order valence-electron chi connectivity index (χ0n) is 5.40. The van der Waals surface area contributed by atoms with Gasteiger partial charge in [-0.2, -0.15) is 13.2 Å². The quantitative estimate of drug-likeness (QED) is 0.512. The molecule has 0 aliphatic heterocycles. The topological polar surface area (TPSA) is 0 Å². The molecule has 4 heteroatoms. The van der Waals surface area contributed by atoms with Crippen molar-refractivity contribution in [1.29, 1.82) is 0 Å². The highest BCUT2D eigenvalue weighted by molar-refractivity contribution is 7.80. The fraction of sp³-hybridized carbons (Fsp3) is 0.286. The van der Waals surface area contributed by atoms with Crippen molar-refractivity contribution in [3.05, 3.63) is 23.8 Å². The minimum Gasteiger partial charge on any atom is -0.166 e. The Morgan fingerprint density at radius 1 is 1.45 bits per heavy atom. The number of allylic oxidation sites excluding steroid dienone is 4. The maximum absolute atomic E-state index is 12.0. The van der Waals surface area contributed by atoms with Gasteiger partial charge in [-0.05, 0) is 6.08 Å². The highest BCUT2D eigenvalue weighted by Gasteiger charge is 2.36. The van der Waals surface area contributed by atoms with Gasteiger partial charge < -0.3 is 0 Å². The van der Waals surface area contributed by atoms with Gasteiger partial charge in [0.05, 0.1) is 5.57 Å². The fourth-order valence-electron chi connectivity index (χ4n) is 0.731. The standard InChI is InChI=1S/C7H4F3S/c8-7(9,10)5-3-1-2-4-6(5)11/h1-2H,4H2. The van der Waals surface area contributed by atoms with Crippen LogP contribution in [0, 0.1) is 6.08 Å². The lowest BCUT2D eigenvalue weighted by Crippen LogP contribution is -2.19. The number of rotatable bonds is 0. The van der Waals surface area contributed by atoms with Crippen molar-refractivity contribution in [1.82, 2.24) is 0 Å². The molecule has 0 bridgehead atoms. The average molecular weight is 177 g/mol. The van der Waals surface area contributed by atoms with Crippen LogP contribution in [0.3, 0.4) is 0 Å². The second kappa shape index (κ2) is 2.77. The molecule has 0 nitrogen and oxygen atoms in total. The molecular formula is C7H4F3S. The number of halogens is 3. The number of hydrogen-bond acceptors (Lipinski definition) is 1. The first-order valence-electron chi connectivity index (χ1n) is 2.90. The van der Waals surface area contributed by atoms with Crippen LogP contribution in [-0.2, 0) is 0 Å². The molecule has 0 saturated heterocycles. The van der Waals surface area contributed by atoms with Gasteiger partial charge in [-0.15, -0.1) is 0 Å². The number of hydrogen-bond donors (Lipinski definition) is 0. The van der Waals surface area contributed by atoms with Crippen LogP contribution < -0.4 is 0 Å². The lowest BCUT2D eigenvalue weighted by molar-refractivity contribution is -0.0864. The zero-order chi connectivity index (χ0) is 8.48. The SMILES string of the molecule is FC(F)(F)C1=[C]C=CCC1=S. The summed E-state index contributed by atoms with van der Waals surface area (Å²) in [6.45, 7) is 0. The molecule has 0 atom stereocenters. The first-order valence-corrected chi connectivity index (χ1v) is 3.31. The zero-order valence-corrected chi connectivity index (χ0v) is 6.22. The predicted octanol–water partition coefficient (Wildman–Crippen LogP) is 2.61. The van der Waals surface area contributed by atoms with Crippen LogP contribution in [0.1, 0.15) is 6.42 Å². The Kier molecular flexibility index (Phi) is 2.13. The van der Waals surface area contributed by atoms with Crippen molar-refractivity contribution < 1.29 is 13.2 Å². The Bertz CT molecular complexity index is 235. The Labute approximate surface area is 67.4 Å². The van der Waals surface area contributed by atoms with Crippen LogP contribution in [0.5, 0.6) is 0 Å². The third kappa shape index (κ3) is 1.89. The second-order valence-corrected chi connectivity index (χ2v) is 2.54. The molecule has 0 fully saturated rings. The molecule has 0 unspecified atom stereocenters. The molecule has 1 radical (unpaired) electrons. The van der Waals surface area contributed by atoms with E-state index in [-0.39, 0.29) is 11.3 Å². The maximum atomic E-state index is 12.0. The van der Waals surface area contributed by atoms with Crippen LogP contribution in [0.2, 0.25) is 0 Å². The van der Waals surface area contributed by atoms with Crippen LogP contribution in [-0.4, -0.2) is 11.0 Å². The van der Waals surface area contributed by atoms with Gasteiger partial charge in [0.1, 0.15) is 0 Å². The molecule has 1 rings (SSSR count). The molecule has 1 aliphatic rings. The molecule has 0 heterocycles. The Hall–Kier alpha value is -0.640. The third-order valence-corrected chi connectivity index (χ3v) is 1.58. The van der Waals surface area contributed by atoms with E-state index in [0.717, 1.165) is 0 Å². The maximum Gasteiger partial charge on any atom is 0.418 e. The third-order valence-electron chi connectivity index (χ3n) is 1.21. The van der Waals surface area contributed by atoms with E-state index in [4.69, 9.17) is 0 Å². The smallest absolute Gasteiger partial charge is 0.166 e. The van der Waals surface area contributed by atoms with E-state index in [1.165, 1.54) is 6.08 Å². The highest BCUT2D eigenvalue weighted by atomic mass is 32.1. The molecule has 0 aromatic heterocycles. The molecule has 0 spiro atoms. The van der Waals surface area contributed by atoms with Crippen molar-refractivity contribution >= 4 is 17.1 Å². The molecule has 0 N–H and O–H groups in total. The van der Waals surface area contributed by atoms with Crippen molar-refractivity contribution in [3.8, 4) is 0 Å². The van der Waals surface area contributed by atoms with Crippen LogP contribution in [0.4, 0.5) is 13.2 Å². The summed E-state index contributed by atoms with van der Waals surface area (Å²) in [5.74, 6) is 0. The van der Waals surface area contributed by atoms with E-state index in [0.29, 0.717) is 0 Å². The summed E-state index contributed by atoms with van der Waals surface area (Å²) < 4.78 is 35.9. The van der Waals surface area contributed by atoms with E-state index >= 15 is 0 Å². The van der Waals surface area contributed by atoms with Gasteiger partial charge in [-0.3, -0.25) is 0 Å². The largest absolute Gasteiger partial charge is 0.418 e. The van der Waals surface area contributed by atoms with E-state index in [1.54, 1.807) is 6.08 Å². The van der Waals surface area contributed by atoms with Gasteiger partial charge in [0.2, 0.25) is 0 Å². The van der Waals surface area contributed by atoms with Gasteiger partial charge in [0.25, 0.3) is 0 Å². The second-order valence-electron chi connectivity index (χ2n) is 2.05. The normalized spacial score (nSPS) is 18.5. The summed E-state index contributed by atoms with van der Waals surface area (Å²) in [6.07, 6.45) is 0.727.